The van der Waals surface area contributed by atoms with Crippen molar-refractivity contribution in [3.8, 4) is 0 Å². The fraction of sp³-hybridized carbons (Fsp3) is 0.606. The van der Waals surface area contributed by atoms with Crippen molar-refractivity contribution in [3.05, 3.63) is 62.9 Å². The number of aryl methyl sites for hydroxylation is 3. The summed E-state index contributed by atoms with van der Waals surface area (Å²) in [5.74, 6) is 0.640. The highest BCUT2D eigenvalue weighted by molar-refractivity contribution is 9.10. The average molecular weight is 628 g/mol. The molecule has 3 aliphatic rings. The average Bonchev–Trinajstić information content (AvgIpc) is 3.13. The normalized spacial score (nSPS) is 19.7. The fourth-order valence-electron chi connectivity index (χ4n) is 6.29. The van der Waals surface area contributed by atoms with Crippen LogP contribution in [0.4, 0.5) is 4.79 Å². The van der Waals surface area contributed by atoms with Crippen LogP contribution < -0.4 is 5.32 Å². The number of nitrogens with one attached hydrogen (secondary N) is 1. The first kappa shape index (κ1) is 31.5. The summed E-state index contributed by atoms with van der Waals surface area (Å²) in [4.78, 5) is 34.2. The molecular weight excluding hydrogens is 580 g/mol. The molecule has 3 heterocycles. The Morgan fingerprint density at radius 3 is 2.37 bits per heavy atom. The van der Waals surface area contributed by atoms with Crippen molar-refractivity contribution in [2.24, 2.45) is 11.8 Å². The first-order valence-electron chi connectivity index (χ1n) is 15.5. The number of likely N-dealkylation sites (tertiary alicyclic amines) is 2. The maximum absolute atomic E-state index is 13.1. The number of hydrogen-bond donors (Lipinski definition) is 1. The van der Waals surface area contributed by atoms with E-state index in [0.29, 0.717) is 32.2 Å². The van der Waals surface area contributed by atoms with Gasteiger partial charge in [0.1, 0.15) is 0 Å². The third-order valence-electron chi connectivity index (χ3n) is 8.45. The van der Waals surface area contributed by atoms with Crippen LogP contribution in [0.5, 0.6) is 0 Å². The Morgan fingerprint density at radius 1 is 1.00 bits per heavy atom. The molecule has 5 rings (SSSR count). The minimum absolute atomic E-state index is 0.0477. The number of carbonyl (C=O) groups excluding carboxylic acids is 2. The fourth-order valence-corrected chi connectivity index (χ4v) is 6.66. The number of nitrogens with zero attached hydrogens (tertiary/aromatic N) is 3. The molecule has 1 unspecified atom stereocenters. The summed E-state index contributed by atoms with van der Waals surface area (Å²) in [5, 5.41) is 3.23. The molecule has 1 aromatic heterocycles. The van der Waals surface area contributed by atoms with E-state index in [0.717, 1.165) is 61.8 Å². The summed E-state index contributed by atoms with van der Waals surface area (Å²) in [5.41, 5.74) is 6.55. The smallest absolute Gasteiger partial charge is 0.409 e. The summed E-state index contributed by atoms with van der Waals surface area (Å²) in [6, 6.07) is 9.20. The highest BCUT2D eigenvalue weighted by Gasteiger charge is 2.34. The van der Waals surface area contributed by atoms with E-state index in [1.807, 2.05) is 13.1 Å². The lowest BCUT2D eigenvalue weighted by Gasteiger charge is -2.38. The third-order valence-corrected chi connectivity index (χ3v) is 8.89. The van der Waals surface area contributed by atoms with Crippen LogP contribution in [0.25, 0.3) is 0 Å². The van der Waals surface area contributed by atoms with Crippen LogP contribution in [-0.2, 0) is 22.4 Å². The van der Waals surface area contributed by atoms with Gasteiger partial charge in [-0.1, -0.05) is 44.0 Å². The Hall–Kier alpha value is -2.45. The number of fused-ring (bicyclic) bond motifs is 2. The number of piperidine rings is 2. The van der Waals surface area contributed by atoms with Crippen molar-refractivity contribution < 1.29 is 14.3 Å². The Balaban J connectivity index is 0.00000124. The van der Waals surface area contributed by atoms with Crippen LogP contribution >= 0.6 is 15.9 Å². The van der Waals surface area contributed by atoms with Crippen LogP contribution in [0.15, 0.2) is 34.9 Å². The van der Waals surface area contributed by atoms with Crippen molar-refractivity contribution in [1.82, 2.24) is 20.1 Å². The largest absolute Gasteiger partial charge is 0.450 e. The van der Waals surface area contributed by atoms with Crippen LogP contribution in [-0.4, -0.2) is 66.1 Å². The van der Waals surface area contributed by atoms with E-state index in [2.05, 4.69) is 71.2 Å². The standard InChI is InChI=1S/C30H39BrN4O3.C3H8/c1-3-38-30(37)35-12-8-21(9-13-35)18-33-29(36)22-10-14-34(15-11-22)28-26-7-4-20(2)16-23(26)5-6-24-17-25(31)19-32-27(24)28;1-3-2/h4,7,16-17,19,21-22,28H,3,5-6,8-15,18H2,1-2H3,(H,33,36);3H2,1-2H3. The Kier molecular flexibility index (Phi) is 11.6. The molecular formula is C33H47BrN4O3. The molecule has 0 spiro atoms. The van der Waals surface area contributed by atoms with E-state index in [9.17, 15) is 9.59 Å². The summed E-state index contributed by atoms with van der Waals surface area (Å²) >= 11 is 3.62. The van der Waals surface area contributed by atoms with Gasteiger partial charge < -0.3 is 15.0 Å². The second-order valence-electron chi connectivity index (χ2n) is 11.7. The summed E-state index contributed by atoms with van der Waals surface area (Å²) in [6.07, 6.45) is 8.48. The van der Waals surface area contributed by atoms with Crippen LogP contribution in [0.3, 0.4) is 0 Å². The van der Waals surface area contributed by atoms with Crippen molar-refractivity contribution in [2.75, 3.05) is 39.3 Å². The monoisotopic (exact) mass is 626 g/mol. The molecule has 1 atom stereocenters. The minimum atomic E-state index is -0.223. The van der Waals surface area contributed by atoms with Gasteiger partial charge in [0.05, 0.1) is 18.3 Å². The first-order chi connectivity index (χ1) is 19.8. The Morgan fingerprint density at radius 2 is 1.68 bits per heavy atom. The van der Waals surface area contributed by atoms with Gasteiger partial charge in [-0.05, 0) is 110 Å². The van der Waals surface area contributed by atoms with Gasteiger partial charge >= 0.3 is 6.09 Å². The number of benzene rings is 1. The molecule has 2 aromatic rings. The number of hydrogen-bond acceptors (Lipinski definition) is 5. The number of carbonyl (C=O) groups is 2. The molecule has 1 aliphatic carbocycles. The SMILES string of the molecule is CCC.CCOC(=O)N1CCC(CNC(=O)C2CCN(C3c4ccc(C)cc4CCc4cc(Br)cnc43)CC2)CC1. The number of halogens is 1. The predicted molar refractivity (Wildman–Crippen MR) is 167 cm³/mol. The first-order valence-corrected chi connectivity index (χ1v) is 16.3. The van der Waals surface area contributed by atoms with E-state index in [1.54, 1.807) is 4.90 Å². The van der Waals surface area contributed by atoms with Crippen LogP contribution in [0, 0.1) is 18.8 Å². The molecule has 2 amide bonds. The zero-order valence-electron chi connectivity index (χ0n) is 25.3. The molecule has 41 heavy (non-hydrogen) atoms. The number of amides is 2. The van der Waals surface area contributed by atoms with Gasteiger partial charge in [-0.25, -0.2) is 4.79 Å². The van der Waals surface area contributed by atoms with E-state index in [-0.39, 0.29) is 24.0 Å². The number of aromatic nitrogens is 1. The summed E-state index contributed by atoms with van der Waals surface area (Å²) in [7, 11) is 0. The van der Waals surface area contributed by atoms with E-state index >= 15 is 0 Å². The van der Waals surface area contributed by atoms with Crippen LogP contribution in [0.1, 0.15) is 86.9 Å². The van der Waals surface area contributed by atoms with Crippen molar-refractivity contribution >= 4 is 27.9 Å². The quantitative estimate of drug-likeness (QED) is 0.413. The topological polar surface area (TPSA) is 74.8 Å². The van der Waals surface area contributed by atoms with Crippen molar-refractivity contribution in [3.63, 3.8) is 0 Å². The summed E-state index contributed by atoms with van der Waals surface area (Å²) in [6.45, 7) is 12.5. The molecule has 0 radical (unpaired) electrons. The Labute approximate surface area is 254 Å². The highest BCUT2D eigenvalue weighted by Crippen LogP contribution is 2.38. The molecule has 1 N–H and O–H groups in total. The van der Waals surface area contributed by atoms with Gasteiger partial charge in [-0.15, -0.1) is 0 Å². The second-order valence-corrected chi connectivity index (χ2v) is 12.6. The lowest BCUT2D eigenvalue weighted by molar-refractivity contribution is -0.126. The van der Waals surface area contributed by atoms with Gasteiger partial charge in [-0.2, -0.15) is 0 Å². The van der Waals surface area contributed by atoms with E-state index < -0.39 is 0 Å². The molecule has 1 aromatic carbocycles. The predicted octanol–water partition coefficient (Wildman–Crippen LogP) is 6.45. The molecule has 2 aliphatic heterocycles. The molecule has 224 valence electrons. The maximum Gasteiger partial charge on any atom is 0.409 e. The van der Waals surface area contributed by atoms with Crippen molar-refractivity contribution in [2.45, 2.75) is 78.7 Å². The Bertz CT molecular complexity index is 1120. The van der Waals surface area contributed by atoms with E-state index in [4.69, 9.17) is 9.72 Å². The highest BCUT2D eigenvalue weighted by atomic mass is 79.9. The lowest BCUT2D eigenvalue weighted by Crippen LogP contribution is -2.45. The van der Waals surface area contributed by atoms with Gasteiger partial charge in [0.15, 0.2) is 0 Å². The van der Waals surface area contributed by atoms with Crippen molar-refractivity contribution in [1.29, 1.82) is 0 Å². The molecule has 7 nitrogen and oxygen atoms in total. The third kappa shape index (κ3) is 8.10. The number of rotatable bonds is 5. The van der Waals surface area contributed by atoms with Gasteiger partial charge in [-0.3, -0.25) is 14.7 Å². The second kappa shape index (κ2) is 15.1. The van der Waals surface area contributed by atoms with Gasteiger partial charge in [0.2, 0.25) is 5.91 Å². The maximum atomic E-state index is 13.1. The lowest BCUT2D eigenvalue weighted by atomic mass is 9.90. The summed E-state index contributed by atoms with van der Waals surface area (Å²) < 4.78 is 6.14. The minimum Gasteiger partial charge on any atom is -0.450 e. The van der Waals surface area contributed by atoms with Gasteiger partial charge in [0, 0.05) is 36.2 Å². The number of ether oxygens (including phenoxy) is 1. The number of pyridine rings is 1. The van der Waals surface area contributed by atoms with Gasteiger partial charge in [0.25, 0.3) is 0 Å². The zero-order valence-corrected chi connectivity index (χ0v) is 26.8. The zero-order chi connectivity index (χ0) is 29.4. The molecule has 2 fully saturated rings. The molecule has 0 bridgehead atoms. The van der Waals surface area contributed by atoms with Crippen LogP contribution in [0.2, 0.25) is 0 Å². The molecule has 8 heteroatoms. The molecule has 2 saturated heterocycles. The van der Waals surface area contributed by atoms with E-state index in [1.165, 1.54) is 28.7 Å². The molecule has 0 saturated carbocycles.